The molecular weight excluding hydrogens is 623 g/mol. The summed E-state index contributed by atoms with van der Waals surface area (Å²) in [6.45, 7) is 17.6. The van der Waals surface area contributed by atoms with Gasteiger partial charge in [-0.25, -0.2) is 8.78 Å². The molecule has 1 aliphatic rings. The number of hydrogen-bond acceptors (Lipinski definition) is 6. The zero-order valence-electron chi connectivity index (χ0n) is 28.3. The Morgan fingerprint density at radius 1 is 0.733 bits per heavy atom. The summed E-state index contributed by atoms with van der Waals surface area (Å²) in [5.41, 5.74) is 1.96. The molecule has 0 aliphatic carbocycles. The number of ether oxygens (including phenoxy) is 1. The standard InChI is InChI=1S/C37H50F2N2OS3/c1-21(2)11-9-13-23(5)15-17-37(18-16-24(6)14-10-12-22(3)4)27-20-29(44-35(27)36-28(42-37)19-25(7)43-36)30-32(39)31(38)26(8)33-34(30)41-45-40-33/h19-24H,9-18H2,1-8H3. The van der Waals surface area contributed by atoms with Gasteiger partial charge in [0.1, 0.15) is 22.4 Å². The number of aromatic nitrogens is 2. The third-order valence-corrected chi connectivity index (χ3v) is 12.5. The Balaban J connectivity index is 1.56. The lowest BCUT2D eigenvalue weighted by atomic mass is 9.78. The van der Waals surface area contributed by atoms with Crippen LogP contribution in [-0.4, -0.2) is 8.75 Å². The minimum atomic E-state index is -0.836. The zero-order valence-corrected chi connectivity index (χ0v) is 30.8. The fourth-order valence-corrected chi connectivity index (χ4v) is 9.79. The molecule has 4 aromatic rings. The molecule has 0 spiro atoms. The smallest absolute Gasteiger partial charge is 0.170 e. The van der Waals surface area contributed by atoms with Crippen molar-refractivity contribution >= 4 is 45.4 Å². The van der Waals surface area contributed by atoms with Gasteiger partial charge in [0.25, 0.3) is 0 Å². The van der Waals surface area contributed by atoms with E-state index in [1.165, 1.54) is 43.4 Å². The van der Waals surface area contributed by atoms with E-state index in [0.717, 1.165) is 70.3 Å². The molecule has 0 amide bonds. The van der Waals surface area contributed by atoms with Crippen LogP contribution in [0, 0.1) is 49.2 Å². The van der Waals surface area contributed by atoms with Gasteiger partial charge in [0.05, 0.1) is 27.0 Å². The Hall–Kier alpha value is -1.90. The van der Waals surface area contributed by atoms with E-state index in [9.17, 15) is 0 Å². The van der Waals surface area contributed by atoms with Gasteiger partial charge in [0.2, 0.25) is 0 Å². The fourth-order valence-electron chi connectivity index (χ4n) is 6.81. The maximum Gasteiger partial charge on any atom is 0.170 e. The van der Waals surface area contributed by atoms with E-state index in [0.29, 0.717) is 27.7 Å². The third kappa shape index (κ3) is 7.49. The second kappa shape index (κ2) is 14.5. The molecule has 3 aromatic heterocycles. The van der Waals surface area contributed by atoms with Gasteiger partial charge in [-0.3, -0.25) is 0 Å². The zero-order chi connectivity index (χ0) is 32.5. The van der Waals surface area contributed by atoms with Crippen LogP contribution in [0.1, 0.15) is 122 Å². The van der Waals surface area contributed by atoms with Gasteiger partial charge >= 0.3 is 0 Å². The Labute approximate surface area is 281 Å². The van der Waals surface area contributed by atoms with Gasteiger partial charge < -0.3 is 4.74 Å². The minimum Gasteiger partial charge on any atom is -0.481 e. The number of benzene rings is 1. The molecule has 8 heteroatoms. The predicted molar refractivity (Wildman–Crippen MR) is 190 cm³/mol. The molecule has 2 atom stereocenters. The average molecular weight is 673 g/mol. The second-order valence-electron chi connectivity index (χ2n) is 14.5. The first-order valence-corrected chi connectivity index (χ1v) is 19.3. The maximum absolute atomic E-state index is 15.8. The normalized spacial score (nSPS) is 17.6. The highest BCUT2D eigenvalue weighted by atomic mass is 32.1. The Kier molecular flexibility index (Phi) is 11.1. The lowest BCUT2D eigenvalue weighted by Crippen LogP contribution is -2.36. The third-order valence-electron chi connectivity index (χ3n) is 9.66. The van der Waals surface area contributed by atoms with Crippen LogP contribution >= 0.6 is 34.4 Å². The van der Waals surface area contributed by atoms with Crippen molar-refractivity contribution in [2.75, 3.05) is 0 Å². The molecule has 0 saturated heterocycles. The second-order valence-corrected chi connectivity index (χ2v) is 17.4. The van der Waals surface area contributed by atoms with E-state index in [-0.39, 0.29) is 11.1 Å². The van der Waals surface area contributed by atoms with E-state index in [1.807, 2.05) is 0 Å². The first-order chi connectivity index (χ1) is 21.4. The number of nitrogens with zero attached hydrogens (tertiary/aromatic N) is 2. The largest absolute Gasteiger partial charge is 0.481 e. The monoisotopic (exact) mass is 672 g/mol. The molecule has 2 unspecified atom stereocenters. The lowest BCUT2D eigenvalue weighted by Gasteiger charge is -2.39. The summed E-state index contributed by atoms with van der Waals surface area (Å²) in [5, 5.41) is 0. The van der Waals surface area contributed by atoms with Gasteiger partial charge in [-0.2, -0.15) is 8.75 Å². The van der Waals surface area contributed by atoms with Crippen LogP contribution in [-0.2, 0) is 5.60 Å². The molecule has 246 valence electrons. The van der Waals surface area contributed by atoms with Crippen molar-refractivity contribution in [3.63, 3.8) is 0 Å². The minimum absolute atomic E-state index is 0.216. The summed E-state index contributed by atoms with van der Waals surface area (Å²) >= 11 is 4.29. The molecule has 45 heavy (non-hydrogen) atoms. The van der Waals surface area contributed by atoms with Crippen molar-refractivity contribution in [3.05, 3.63) is 39.8 Å². The van der Waals surface area contributed by atoms with E-state index >= 15 is 8.78 Å². The van der Waals surface area contributed by atoms with Crippen molar-refractivity contribution in [2.24, 2.45) is 23.7 Å². The Morgan fingerprint density at radius 2 is 1.33 bits per heavy atom. The van der Waals surface area contributed by atoms with Crippen LogP contribution in [0.5, 0.6) is 5.75 Å². The molecule has 4 heterocycles. The number of aryl methyl sites for hydroxylation is 2. The summed E-state index contributed by atoms with van der Waals surface area (Å²) in [4.78, 5) is 4.14. The van der Waals surface area contributed by atoms with E-state index in [1.54, 1.807) is 29.6 Å². The molecule has 0 fully saturated rings. The highest BCUT2D eigenvalue weighted by molar-refractivity contribution is 7.24. The first kappa shape index (κ1) is 34.4. The van der Waals surface area contributed by atoms with Crippen molar-refractivity contribution in [2.45, 2.75) is 125 Å². The van der Waals surface area contributed by atoms with E-state index in [2.05, 4.69) is 69.3 Å². The topological polar surface area (TPSA) is 35.0 Å². The van der Waals surface area contributed by atoms with Crippen molar-refractivity contribution < 1.29 is 13.5 Å². The summed E-state index contributed by atoms with van der Waals surface area (Å²) in [7, 11) is 0. The van der Waals surface area contributed by atoms with Crippen molar-refractivity contribution in [1.82, 2.24) is 8.75 Å². The number of rotatable bonds is 15. The van der Waals surface area contributed by atoms with Crippen LogP contribution in [0.25, 0.3) is 31.2 Å². The number of thiophene rings is 2. The fraction of sp³-hybridized carbons (Fsp3) is 0.622. The SMILES string of the molecule is Cc1cc2c(s1)-c1sc(-c3c(F)c(F)c(C)c4nsnc34)cc1C(CCC(C)CCCC(C)C)(CCC(C)CCCC(C)C)O2. The van der Waals surface area contributed by atoms with Gasteiger partial charge in [-0.15, -0.1) is 22.7 Å². The average Bonchev–Trinajstić information content (AvgIpc) is 3.72. The number of halogens is 2. The van der Waals surface area contributed by atoms with E-state index < -0.39 is 17.2 Å². The van der Waals surface area contributed by atoms with Crippen LogP contribution in [0.15, 0.2) is 12.1 Å². The van der Waals surface area contributed by atoms with Crippen LogP contribution in [0.3, 0.4) is 0 Å². The summed E-state index contributed by atoms with van der Waals surface area (Å²) < 4.78 is 47.0. The quantitative estimate of drug-likeness (QED) is 0.126. The maximum atomic E-state index is 15.8. The molecular formula is C37H50F2N2OS3. The van der Waals surface area contributed by atoms with Crippen LogP contribution < -0.4 is 4.74 Å². The molecule has 3 nitrogen and oxygen atoms in total. The van der Waals surface area contributed by atoms with Gasteiger partial charge in [0.15, 0.2) is 11.6 Å². The highest BCUT2D eigenvalue weighted by Gasteiger charge is 2.44. The lowest BCUT2D eigenvalue weighted by molar-refractivity contribution is 0.0323. The number of fused-ring (bicyclic) bond motifs is 4. The highest BCUT2D eigenvalue weighted by Crippen LogP contribution is 2.57. The summed E-state index contributed by atoms with van der Waals surface area (Å²) in [6, 6.07) is 4.28. The van der Waals surface area contributed by atoms with E-state index in [4.69, 9.17) is 4.74 Å². The molecule has 1 aromatic carbocycles. The Morgan fingerprint density at radius 3 is 1.93 bits per heavy atom. The van der Waals surface area contributed by atoms with Crippen molar-refractivity contribution in [1.29, 1.82) is 0 Å². The van der Waals surface area contributed by atoms with Gasteiger partial charge in [-0.05, 0) is 75.3 Å². The van der Waals surface area contributed by atoms with Gasteiger partial charge in [0, 0.05) is 20.9 Å². The van der Waals surface area contributed by atoms with Gasteiger partial charge in [-0.1, -0.05) is 80.1 Å². The molecule has 0 N–H and O–H groups in total. The summed E-state index contributed by atoms with van der Waals surface area (Å²) in [5.74, 6) is 1.89. The predicted octanol–water partition coefficient (Wildman–Crippen LogP) is 13.1. The van der Waals surface area contributed by atoms with Crippen LogP contribution in [0.4, 0.5) is 8.78 Å². The Bertz CT molecular complexity index is 1580. The van der Waals surface area contributed by atoms with Crippen molar-refractivity contribution in [3.8, 4) is 25.9 Å². The molecule has 0 radical (unpaired) electrons. The van der Waals surface area contributed by atoms with Crippen LogP contribution in [0.2, 0.25) is 0 Å². The molecule has 0 bridgehead atoms. The summed E-state index contributed by atoms with van der Waals surface area (Å²) in [6.07, 6.45) is 11.4. The number of hydrogen-bond donors (Lipinski definition) is 0. The molecule has 5 rings (SSSR count). The molecule has 1 aliphatic heterocycles. The first-order valence-electron chi connectivity index (χ1n) is 16.9. The molecule has 0 saturated carbocycles.